The molecule has 0 aromatic heterocycles. The van der Waals surface area contributed by atoms with Gasteiger partial charge in [0.05, 0.1) is 28.8 Å². The van der Waals surface area contributed by atoms with Crippen LogP contribution in [0.25, 0.3) is 0 Å². The van der Waals surface area contributed by atoms with Crippen LogP contribution in [0.3, 0.4) is 0 Å². The maximum absolute atomic E-state index is 12.2. The molecule has 0 spiro atoms. The number of nitrogens with one attached hydrogen (secondary N) is 1. The van der Waals surface area contributed by atoms with E-state index in [-0.39, 0.29) is 23.1 Å². The number of nitrogens with zero attached hydrogens (tertiary/aromatic N) is 2. The molecule has 2 rings (SSSR count). The van der Waals surface area contributed by atoms with Crippen molar-refractivity contribution in [2.45, 2.75) is 4.90 Å². The Balaban J connectivity index is 2.03. The molecule has 0 atom stereocenters. The minimum atomic E-state index is -3.43. The van der Waals surface area contributed by atoms with Gasteiger partial charge in [0.25, 0.3) is 0 Å². The zero-order valence-corrected chi connectivity index (χ0v) is 11.7. The van der Waals surface area contributed by atoms with Crippen molar-refractivity contribution in [2.75, 3.05) is 31.9 Å². The summed E-state index contributed by atoms with van der Waals surface area (Å²) < 4.78 is 24.4. The zero-order chi connectivity index (χ0) is 14.6. The number of hydrogen-bond acceptors (Lipinski definition) is 5. The molecule has 0 unspecified atom stereocenters. The lowest BCUT2D eigenvalue weighted by atomic mass is 10.2. The molecule has 7 heteroatoms. The van der Waals surface area contributed by atoms with Gasteiger partial charge in [-0.2, -0.15) is 5.26 Å². The Labute approximate surface area is 117 Å². The minimum absolute atomic E-state index is 0.0604. The Morgan fingerprint density at radius 1 is 1.40 bits per heavy atom. The average molecular weight is 293 g/mol. The van der Waals surface area contributed by atoms with Crippen LogP contribution in [0, 0.1) is 11.3 Å². The molecular formula is C13H15N3O3S. The van der Waals surface area contributed by atoms with Gasteiger partial charge in [-0.1, -0.05) is 6.07 Å². The molecule has 0 saturated carbocycles. The maximum Gasteiger partial charge on any atom is 0.234 e. The SMILES string of the molecule is N#Cc1cccc(S(=O)(=O)CCN2CCNC(=O)C2)c1. The topological polar surface area (TPSA) is 90.3 Å². The predicted octanol–water partition coefficient (Wildman–Crippen LogP) is -0.236. The van der Waals surface area contributed by atoms with Crippen molar-refractivity contribution in [1.82, 2.24) is 10.2 Å². The van der Waals surface area contributed by atoms with Gasteiger partial charge >= 0.3 is 0 Å². The first-order valence-corrected chi connectivity index (χ1v) is 7.88. The van der Waals surface area contributed by atoms with Crippen LogP contribution in [0.1, 0.15) is 5.56 Å². The van der Waals surface area contributed by atoms with Crippen molar-refractivity contribution in [2.24, 2.45) is 0 Å². The first kappa shape index (κ1) is 14.5. The number of rotatable bonds is 4. The van der Waals surface area contributed by atoms with Gasteiger partial charge in [0.1, 0.15) is 0 Å². The molecule has 1 heterocycles. The highest BCUT2D eigenvalue weighted by molar-refractivity contribution is 7.91. The van der Waals surface area contributed by atoms with Gasteiger partial charge in [0.15, 0.2) is 9.84 Å². The number of carbonyl (C=O) groups is 1. The standard InChI is InChI=1S/C13H15N3O3S/c14-9-11-2-1-3-12(8-11)20(18,19)7-6-16-5-4-15-13(17)10-16/h1-3,8H,4-7,10H2,(H,15,17). The zero-order valence-electron chi connectivity index (χ0n) is 10.9. The molecule has 1 fully saturated rings. The van der Waals surface area contributed by atoms with Crippen molar-refractivity contribution >= 4 is 15.7 Å². The molecule has 20 heavy (non-hydrogen) atoms. The second kappa shape index (κ2) is 6.03. The highest BCUT2D eigenvalue weighted by Gasteiger charge is 2.20. The molecule has 1 amide bonds. The summed E-state index contributed by atoms with van der Waals surface area (Å²) in [5.74, 6) is -0.144. The Morgan fingerprint density at radius 3 is 2.90 bits per heavy atom. The number of benzene rings is 1. The van der Waals surface area contributed by atoms with E-state index in [4.69, 9.17) is 5.26 Å². The van der Waals surface area contributed by atoms with Crippen molar-refractivity contribution < 1.29 is 13.2 Å². The lowest BCUT2D eigenvalue weighted by Crippen LogP contribution is -2.48. The molecule has 1 saturated heterocycles. The smallest absolute Gasteiger partial charge is 0.234 e. The van der Waals surface area contributed by atoms with Crippen LogP contribution in [-0.2, 0) is 14.6 Å². The van der Waals surface area contributed by atoms with Gasteiger partial charge in [-0.15, -0.1) is 0 Å². The van der Waals surface area contributed by atoms with Gasteiger partial charge in [-0.3, -0.25) is 9.69 Å². The van der Waals surface area contributed by atoms with Crippen LogP contribution < -0.4 is 5.32 Å². The highest BCUT2D eigenvalue weighted by atomic mass is 32.2. The van der Waals surface area contributed by atoms with Gasteiger partial charge in [0, 0.05) is 19.6 Å². The van der Waals surface area contributed by atoms with Crippen molar-refractivity contribution in [3.63, 3.8) is 0 Å². The number of piperazine rings is 1. The summed E-state index contributed by atoms with van der Waals surface area (Å²) in [5.41, 5.74) is 0.323. The molecule has 1 aromatic rings. The summed E-state index contributed by atoms with van der Waals surface area (Å²) >= 11 is 0. The third-order valence-electron chi connectivity index (χ3n) is 3.12. The monoisotopic (exact) mass is 293 g/mol. The van der Waals surface area contributed by atoms with Crippen molar-refractivity contribution in [3.05, 3.63) is 29.8 Å². The van der Waals surface area contributed by atoms with Gasteiger partial charge < -0.3 is 5.32 Å². The van der Waals surface area contributed by atoms with E-state index in [1.54, 1.807) is 12.1 Å². The highest BCUT2D eigenvalue weighted by Crippen LogP contribution is 2.13. The number of hydrogen-bond donors (Lipinski definition) is 1. The maximum atomic E-state index is 12.2. The van der Waals surface area contributed by atoms with E-state index < -0.39 is 9.84 Å². The predicted molar refractivity (Wildman–Crippen MR) is 72.7 cm³/mol. The summed E-state index contributed by atoms with van der Waals surface area (Å²) in [7, 11) is -3.43. The fraction of sp³-hybridized carbons (Fsp3) is 0.385. The van der Waals surface area contributed by atoms with Gasteiger partial charge in [-0.25, -0.2) is 8.42 Å². The molecule has 0 aliphatic carbocycles. The van der Waals surface area contributed by atoms with E-state index in [0.717, 1.165) is 0 Å². The van der Waals surface area contributed by atoms with Crippen LogP contribution in [0.2, 0.25) is 0 Å². The first-order chi connectivity index (χ1) is 9.51. The molecular weight excluding hydrogens is 278 g/mol. The number of nitriles is 1. The Bertz CT molecular complexity index is 649. The minimum Gasteiger partial charge on any atom is -0.354 e. The fourth-order valence-corrected chi connectivity index (χ4v) is 3.34. The molecule has 6 nitrogen and oxygen atoms in total. The summed E-state index contributed by atoms with van der Waals surface area (Å²) in [6.45, 7) is 1.74. The molecule has 0 bridgehead atoms. The summed E-state index contributed by atoms with van der Waals surface area (Å²) in [4.78, 5) is 13.2. The lowest BCUT2D eigenvalue weighted by molar-refractivity contribution is -0.123. The second-order valence-corrected chi connectivity index (χ2v) is 6.69. The molecule has 106 valence electrons. The molecule has 1 aromatic carbocycles. The van der Waals surface area contributed by atoms with Crippen LogP contribution in [0.15, 0.2) is 29.2 Å². The average Bonchev–Trinajstić information content (AvgIpc) is 2.45. The van der Waals surface area contributed by atoms with Crippen LogP contribution in [0.5, 0.6) is 0 Å². The molecule has 1 aliphatic heterocycles. The summed E-state index contributed by atoms with van der Waals surface area (Å²) in [5, 5.41) is 11.5. The van der Waals surface area contributed by atoms with Crippen LogP contribution in [0.4, 0.5) is 0 Å². The Morgan fingerprint density at radius 2 is 2.20 bits per heavy atom. The summed E-state index contributed by atoms with van der Waals surface area (Å²) in [6.07, 6.45) is 0. The fourth-order valence-electron chi connectivity index (χ4n) is 2.01. The Hall–Kier alpha value is -1.91. The Kier molecular flexibility index (Phi) is 4.37. The number of carbonyl (C=O) groups excluding carboxylic acids is 1. The molecule has 1 N–H and O–H groups in total. The normalized spacial score (nSPS) is 16.4. The quantitative estimate of drug-likeness (QED) is 0.827. The third-order valence-corrected chi connectivity index (χ3v) is 4.81. The second-order valence-electron chi connectivity index (χ2n) is 4.58. The largest absolute Gasteiger partial charge is 0.354 e. The first-order valence-electron chi connectivity index (χ1n) is 6.23. The van der Waals surface area contributed by atoms with Gasteiger partial charge in [-0.05, 0) is 18.2 Å². The van der Waals surface area contributed by atoms with E-state index in [1.807, 2.05) is 11.0 Å². The number of amides is 1. The van der Waals surface area contributed by atoms with E-state index in [9.17, 15) is 13.2 Å². The van der Waals surface area contributed by atoms with Crippen molar-refractivity contribution in [3.8, 4) is 6.07 Å². The van der Waals surface area contributed by atoms with E-state index in [1.165, 1.54) is 12.1 Å². The molecule has 0 radical (unpaired) electrons. The van der Waals surface area contributed by atoms with E-state index >= 15 is 0 Å². The van der Waals surface area contributed by atoms with Crippen LogP contribution >= 0.6 is 0 Å². The van der Waals surface area contributed by atoms with E-state index in [0.29, 0.717) is 25.2 Å². The third kappa shape index (κ3) is 3.56. The molecule has 1 aliphatic rings. The lowest BCUT2D eigenvalue weighted by Gasteiger charge is -2.26. The number of sulfone groups is 1. The van der Waals surface area contributed by atoms with Gasteiger partial charge in [0.2, 0.25) is 5.91 Å². The van der Waals surface area contributed by atoms with Crippen LogP contribution in [-0.4, -0.2) is 51.2 Å². The van der Waals surface area contributed by atoms with Crippen molar-refractivity contribution in [1.29, 1.82) is 5.26 Å². The summed E-state index contributed by atoms with van der Waals surface area (Å²) in [6, 6.07) is 7.90. The van der Waals surface area contributed by atoms with E-state index in [2.05, 4.69) is 5.32 Å².